The SMILES string of the molecule is CC(Sc1ccccc1)C(=O)Nc1ccc(S(=O)(=O)N=C2CCCN2C)cc1. The molecule has 28 heavy (non-hydrogen) atoms. The predicted molar refractivity (Wildman–Crippen MR) is 113 cm³/mol. The van der Waals surface area contributed by atoms with Gasteiger partial charge in [-0.1, -0.05) is 18.2 Å². The molecule has 8 heteroatoms. The van der Waals surface area contributed by atoms with Gasteiger partial charge >= 0.3 is 0 Å². The van der Waals surface area contributed by atoms with E-state index in [0.717, 1.165) is 17.9 Å². The first-order valence-corrected chi connectivity index (χ1v) is 11.3. The molecule has 0 aliphatic carbocycles. The van der Waals surface area contributed by atoms with Gasteiger partial charge in [0.05, 0.1) is 10.1 Å². The van der Waals surface area contributed by atoms with Crippen LogP contribution in [0, 0.1) is 0 Å². The van der Waals surface area contributed by atoms with Crippen LogP contribution in [0.2, 0.25) is 0 Å². The lowest BCUT2D eigenvalue weighted by atomic mass is 10.3. The Morgan fingerprint density at radius 1 is 1.14 bits per heavy atom. The summed E-state index contributed by atoms with van der Waals surface area (Å²) in [6.07, 6.45) is 1.58. The van der Waals surface area contributed by atoms with E-state index >= 15 is 0 Å². The van der Waals surface area contributed by atoms with E-state index in [-0.39, 0.29) is 16.1 Å². The average Bonchev–Trinajstić information content (AvgIpc) is 3.07. The smallest absolute Gasteiger partial charge is 0.283 e. The second-order valence-electron chi connectivity index (χ2n) is 6.59. The van der Waals surface area contributed by atoms with Gasteiger partial charge in [-0.2, -0.15) is 8.42 Å². The van der Waals surface area contributed by atoms with Gasteiger partial charge in [0, 0.05) is 30.6 Å². The van der Waals surface area contributed by atoms with Crippen molar-refractivity contribution in [3.05, 3.63) is 54.6 Å². The quantitative estimate of drug-likeness (QED) is 0.726. The van der Waals surface area contributed by atoms with Crippen LogP contribution in [0.25, 0.3) is 0 Å². The number of hydrogen-bond acceptors (Lipinski definition) is 4. The predicted octanol–water partition coefficient (Wildman–Crippen LogP) is 3.62. The van der Waals surface area contributed by atoms with Gasteiger partial charge in [-0.3, -0.25) is 4.79 Å². The maximum absolute atomic E-state index is 12.5. The molecule has 1 unspecified atom stereocenters. The van der Waals surface area contributed by atoms with E-state index < -0.39 is 10.0 Å². The summed E-state index contributed by atoms with van der Waals surface area (Å²) >= 11 is 1.47. The maximum Gasteiger partial charge on any atom is 0.283 e. The van der Waals surface area contributed by atoms with Crippen LogP contribution < -0.4 is 5.32 Å². The first kappa shape index (κ1) is 20.4. The minimum atomic E-state index is -3.75. The molecule has 1 aliphatic heterocycles. The summed E-state index contributed by atoms with van der Waals surface area (Å²) in [7, 11) is -1.91. The van der Waals surface area contributed by atoms with Gasteiger partial charge in [0.25, 0.3) is 10.0 Å². The first-order chi connectivity index (χ1) is 13.3. The highest BCUT2D eigenvalue weighted by atomic mass is 32.2. The van der Waals surface area contributed by atoms with Crippen molar-refractivity contribution in [1.82, 2.24) is 4.90 Å². The van der Waals surface area contributed by atoms with Crippen LogP contribution in [0.5, 0.6) is 0 Å². The Bertz CT molecular complexity index is 958. The topological polar surface area (TPSA) is 78.8 Å². The van der Waals surface area contributed by atoms with Crippen LogP contribution in [0.4, 0.5) is 5.69 Å². The number of anilines is 1. The molecular weight excluding hydrogens is 394 g/mol. The third kappa shape index (κ3) is 5.14. The largest absolute Gasteiger partial charge is 0.362 e. The molecule has 0 saturated carbocycles. The number of thioether (sulfide) groups is 1. The van der Waals surface area contributed by atoms with Crippen molar-refractivity contribution in [1.29, 1.82) is 0 Å². The molecule has 0 spiro atoms. The highest BCUT2D eigenvalue weighted by Crippen LogP contribution is 2.24. The van der Waals surface area contributed by atoms with Crippen molar-refractivity contribution in [3.8, 4) is 0 Å². The Labute approximate surface area is 170 Å². The molecule has 1 fully saturated rings. The molecule has 0 bridgehead atoms. The molecule has 6 nitrogen and oxygen atoms in total. The standard InChI is InChI=1S/C20H23N3O3S2/c1-15(27-17-7-4-3-5-8-17)20(24)21-16-10-12-18(13-11-16)28(25,26)22-19-9-6-14-23(19)2/h3-5,7-8,10-13,15H,6,9,14H2,1-2H3,(H,21,24). The molecule has 2 aromatic rings. The fourth-order valence-corrected chi connectivity index (χ4v) is 4.79. The average molecular weight is 418 g/mol. The molecule has 148 valence electrons. The fourth-order valence-electron chi connectivity index (χ4n) is 2.81. The molecule has 1 amide bonds. The van der Waals surface area contributed by atoms with E-state index in [1.807, 2.05) is 49.2 Å². The summed E-state index contributed by atoms with van der Waals surface area (Å²) < 4.78 is 28.9. The normalized spacial score (nSPS) is 16.9. The highest BCUT2D eigenvalue weighted by Gasteiger charge is 2.20. The van der Waals surface area contributed by atoms with E-state index in [2.05, 4.69) is 9.71 Å². The number of nitrogens with one attached hydrogen (secondary N) is 1. The number of likely N-dealkylation sites (tertiary alicyclic amines) is 1. The number of benzene rings is 2. The highest BCUT2D eigenvalue weighted by molar-refractivity contribution is 8.00. The monoisotopic (exact) mass is 417 g/mol. The molecule has 1 saturated heterocycles. The minimum absolute atomic E-state index is 0.116. The zero-order valence-corrected chi connectivity index (χ0v) is 17.5. The fraction of sp³-hybridized carbons (Fsp3) is 0.300. The number of carbonyl (C=O) groups is 1. The van der Waals surface area contributed by atoms with Crippen LogP contribution in [0.3, 0.4) is 0 Å². The third-order valence-corrected chi connectivity index (χ3v) is 6.84. The van der Waals surface area contributed by atoms with E-state index in [1.54, 1.807) is 12.1 Å². The molecule has 0 aromatic heterocycles. The number of hydrogen-bond donors (Lipinski definition) is 1. The number of carbonyl (C=O) groups excluding carboxylic acids is 1. The Morgan fingerprint density at radius 2 is 1.82 bits per heavy atom. The Morgan fingerprint density at radius 3 is 2.43 bits per heavy atom. The number of rotatable bonds is 6. The molecule has 1 heterocycles. The summed E-state index contributed by atoms with van der Waals surface area (Å²) in [5.74, 6) is 0.446. The summed E-state index contributed by atoms with van der Waals surface area (Å²) in [4.78, 5) is 15.4. The van der Waals surface area contributed by atoms with Gasteiger partial charge in [-0.05, 0) is 49.7 Å². The Balaban J connectivity index is 1.64. The summed E-state index contributed by atoms with van der Waals surface area (Å²) in [6.45, 7) is 2.65. The summed E-state index contributed by atoms with van der Waals surface area (Å²) in [5, 5.41) is 2.54. The summed E-state index contributed by atoms with van der Waals surface area (Å²) in [6, 6.07) is 15.8. The minimum Gasteiger partial charge on any atom is -0.362 e. The second kappa shape index (κ2) is 8.79. The van der Waals surface area contributed by atoms with Gasteiger partial charge in [0.2, 0.25) is 5.91 Å². The zero-order chi connectivity index (χ0) is 20.1. The zero-order valence-electron chi connectivity index (χ0n) is 15.8. The van der Waals surface area contributed by atoms with Crippen LogP contribution in [0.1, 0.15) is 19.8 Å². The first-order valence-electron chi connectivity index (χ1n) is 9.03. The lowest BCUT2D eigenvalue weighted by Crippen LogP contribution is -2.22. The molecule has 1 N–H and O–H groups in total. The molecular formula is C20H23N3O3S2. The molecule has 3 rings (SSSR count). The van der Waals surface area contributed by atoms with Gasteiger partial charge in [-0.15, -0.1) is 16.2 Å². The van der Waals surface area contributed by atoms with Crippen LogP contribution in [0.15, 0.2) is 68.8 Å². The second-order valence-corrected chi connectivity index (χ2v) is 9.61. The number of amides is 1. The van der Waals surface area contributed by atoms with Crippen molar-refractivity contribution >= 4 is 39.2 Å². The van der Waals surface area contributed by atoms with Crippen molar-refractivity contribution in [3.63, 3.8) is 0 Å². The van der Waals surface area contributed by atoms with Crippen molar-refractivity contribution in [2.75, 3.05) is 18.9 Å². The van der Waals surface area contributed by atoms with E-state index in [4.69, 9.17) is 0 Å². The maximum atomic E-state index is 12.5. The van der Waals surface area contributed by atoms with E-state index in [0.29, 0.717) is 17.9 Å². The molecule has 2 aromatic carbocycles. The van der Waals surface area contributed by atoms with Crippen molar-refractivity contribution < 1.29 is 13.2 Å². The number of sulfonamides is 1. The van der Waals surface area contributed by atoms with Crippen molar-refractivity contribution in [2.45, 2.75) is 34.8 Å². The van der Waals surface area contributed by atoms with Gasteiger partial charge in [0.1, 0.15) is 5.84 Å². The molecule has 1 atom stereocenters. The van der Waals surface area contributed by atoms with Crippen LogP contribution in [-0.2, 0) is 14.8 Å². The number of amidine groups is 1. The van der Waals surface area contributed by atoms with Gasteiger partial charge < -0.3 is 10.2 Å². The Kier molecular flexibility index (Phi) is 6.41. The summed E-state index contributed by atoms with van der Waals surface area (Å²) in [5.41, 5.74) is 0.551. The van der Waals surface area contributed by atoms with Gasteiger partial charge in [-0.25, -0.2) is 0 Å². The lowest BCUT2D eigenvalue weighted by molar-refractivity contribution is -0.115. The third-order valence-electron chi connectivity index (χ3n) is 4.41. The lowest BCUT2D eigenvalue weighted by Gasteiger charge is -2.13. The van der Waals surface area contributed by atoms with E-state index in [1.165, 1.54) is 23.9 Å². The van der Waals surface area contributed by atoms with E-state index in [9.17, 15) is 13.2 Å². The van der Waals surface area contributed by atoms with Crippen molar-refractivity contribution in [2.24, 2.45) is 4.40 Å². The van der Waals surface area contributed by atoms with Gasteiger partial charge in [0.15, 0.2) is 0 Å². The molecule has 1 aliphatic rings. The Hall–Kier alpha value is -2.32. The van der Waals surface area contributed by atoms with Crippen LogP contribution >= 0.6 is 11.8 Å². The van der Waals surface area contributed by atoms with Crippen LogP contribution in [-0.4, -0.2) is 43.9 Å². The number of nitrogens with zero attached hydrogens (tertiary/aromatic N) is 2. The molecule has 0 radical (unpaired) electrons.